The molecule has 0 aliphatic carbocycles. The van der Waals surface area contributed by atoms with Crippen LogP contribution in [0.25, 0.3) is 0 Å². The summed E-state index contributed by atoms with van der Waals surface area (Å²) in [5.74, 6) is -0.182. The minimum absolute atomic E-state index is 0.203. The van der Waals surface area contributed by atoms with Crippen LogP contribution in [0.3, 0.4) is 0 Å². The van der Waals surface area contributed by atoms with E-state index < -0.39 is 35.0 Å². The van der Waals surface area contributed by atoms with Crippen molar-refractivity contribution in [1.29, 1.82) is 0 Å². The van der Waals surface area contributed by atoms with E-state index in [4.69, 9.17) is 18.9 Å². The summed E-state index contributed by atoms with van der Waals surface area (Å²) in [6.07, 6.45) is 8.50. The molecule has 4 atom stereocenters. The molecule has 0 bridgehead atoms. The van der Waals surface area contributed by atoms with Gasteiger partial charge in [0.2, 0.25) is 11.8 Å². The van der Waals surface area contributed by atoms with Gasteiger partial charge in [-0.3, -0.25) is 18.7 Å². The maximum atomic E-state index is 12.5. The largest absolute Gasteiger partial charge is 0.358 e. The Morgan fingerprint density at radius 2 is 0.716 bits per heavy atom. The van der Waals surface area contributed by atoms with E-state index in [1.165, 1.54) is 23.0 Å². The van der Waals surface area contributed by atoms with Crippen LogP contribution in [-0.4, -0.2) is 56.3 Å². The fourth-order valence-corrected chi connectivity index (χ4v) is 9.15. The number of amides is 2. The van der Waals surface area contributed by atoms with Gasteiger partial charge >= 0.3 is 11.4 Å². The SMILES string of the molecule is CC(=O)Nc1ccn([C@H]2C=C[C@@H](COC(c3ccccc3)(c3ccccc3)c3ccccc3)O2)c(=O)n1.CC(=O)Nc1ccn([C@H]2C=C[C@@H](COC(c3ccccc3)(c3ccccc3)c3ccccc3)O2)c(=O)n1. The first-order chi connectivity index (χ1) is 36.1. The number of hydrogen-bond donors (Lipinski definition) is 2. The number of carbonyl (C=O) groups excluding carboxylic acids is 2. The van der Waals surface area contributed by atoms with Crippen LogP contribution >= 0.6 is 0 Å². The van der Waals surface area contributed by atoms with Crippen LogP contribution in [0.15, 0.2) is 240 Å². The minimum Gasteiger partial charge on any atom is -0.358 e. The maximum absolute atomic E-state index is 12.5. The van der Waals surface area contributed by atoms with Gasteiger partial charge in [0.15, 0.2) is 12.5 Å². The van der Waals surface area contributed by atoms with Gasteiger partial charge in [-0.05, 0) is 57.7 Å². The molecular formula is C60H54N6O8. The third-order valence-electron chi connectivity index (χ3n) is 12.4. The van der Waals surface area contributed by atoms with Gasteiger partial charge in [0, 0.05) is 26.2 Å². The highest BCUT2D eigenvalue weighted by Gasteiger charge is 2.40. The van der Waals surface area contributed by atoms with E-state index >= 15 is 0 Å². The number of ether oxygens (including phenoxy) is 4. The summed E-state index contributed by atoms with van der Waals surface area (Å²) in [6.45, 7) is 3.22. The van der Waals surface area contributed by atoms with E-state index in [1.54, 1.807) is 24.5 Å². The molecule has 10 rings (SSSR count). The van der Waals surface area contributed by atoms with Gasteiger partial charge in [-0.2, -0.15) is 9.97 Å². The van der Waals surface area contributed by atoms with Crippen molar-refractivity contribution in [1.82, 2.24) is 19.1 Å². The lowest BCUT2D eigenvalue weighted by Crippen LogP contribution is -2.36. The van der Waals surface area contributed by atoms with Crippen molar-refractivity contribution in [3.8, 4) is 0 Å². The van der Waals surface area contributed by atoms with Gasteiger partial charge in [-0.25, -0.2) is 9.59 Å². The molecule has 0 saturated carbocycles. The molecule has 2 aliphatic heterocycles. The Morgan fingerprint density at radius 1 is 0.446 bits per heavy atom. The third kappa shape index (κ3) is 11.3. The average molecular weight is 987 g/mol. The van der Waals surface area contributed by atoms with Crippen molar-refractivity contribution in [2.75, 3.05) is 23.8 Å². The Labute approximate surface area is 428 Å². The van der Waals surface area contributed by atoms with Crippen molar-refractivity contribution >= 4 is 23.5 Å². The lowest BCUT2D eigenvalue weighted by Gasteiger charge is -2.36. The molecule has 14 heteroatoms. The predicted octanol–water partition coefficient (Wildman–Crippen LogP) is 9.33. The zero-order chi connectivity index (χ0) is 51.3. The van der Waals surface area contributed by atoms with E-state index in [9.17, 15) is 19.2 Å². The summed E-state index contributed by atoms with van der Waals surface area (Å²) >= 11 is 0. The van der Waals surface area contributed by atoms with Gasteiger partial charge in [-0.1, -0.05) is 194 Å². The quantitative estimate of drug-likeness (QED) is 0.0704. The van der Waals surface area contributed by atoms with Gasteiger partial charge in [0.25, 0.3) is 0 Å². The topological polar surface area (TPSA) is 165 Å². The number of benzene rings is 6. The Bertz CT molecular complexity index is 2900. The highest BCUT2D eigenvalue weighted by Crippen LogP contribution is 2.42. The van der Waals surface area contributed by atoms with E-state index in [2.05, 4.69) is 93.4 Å². The number of rotatable bonds is 16. The normalized spacial score (nSPS) is 17.0. The molecule has 14 nitrogen and oxygen atoms in total. The van der Waals surface area contributed by atoms with Gasteiger partial charge in [0.05, 0.1) is 13.2 Å². The number of anilines is 2. The van der Waals surface area contributed by atoms with Gasteiger partial charge in [-0.15, -0.1) is 0 Å². The first kappa shape index (κ1) is 50.3. The summed E-state index contributed by atoms with van der Waals surface area (Å²) in [4.78, 5) is 55.4. The molecule has 0 radical (unpaired) electrons. The monoisotopic (exact) mass is 986 g/mol. The highest BCUT2D eigenvalue weighted by molar-refractivity contribution is 5.87. The standard InChI is InChI=1S/2C30H27N3O4/c2*1-22(34)31-27-19-20-33(29(35)32-27)28-18-17-26(37-28)21-36-30(23-11-5-2-6-12-23,24-13-7-3-8-14-24)25-15-9-4-10-16-25/h2*2-20,26,28H,21H2,1H3,(H,31,32,34,35)/t2*26-,28+/m00/s1. The van der Waals surface area contributed by atoms with E-state index in [0.29, 0.717) is 0 Å². The Balaban J connectivity index is 0.000000182. The highest BCUT2D eigenvalue weighted by atomic mass is 16.6. The fourth-order valence-electron chi connectivity index (χ4n) is 9.15. The maximum Gasteiger partial charge on any atom is 0.351 e. The number of hydrogen-bond acceptors (Lipinski definition) is 10. The Hall–Kier alpha value is -8.66. The van der Waals surface area contributed by atoms with Crippen molar-refractivity contribution in [3.05, 3.63) is 285 Å². The number of nitrogens with zero attached hydrogens (tertiary/aromatic N) is 4. The Kier molecular flexibility index (Phi) is 15.8. The van der Waals surface area contributed by atoms with Crippen LogP contribution in [0.4, 0.5) is 11.6 Å². The van der Waals surface area contributed by atoms with Gasteiger partial charge in [0.1, 0.15) is 35.0 Å². The van der Waals surface area contributed by atoms with Crippen LogP contribution in [0.5, 0.6) is 0 Å². The molecule has 0 spiro atoms. The molecular weight excluding hydrogens is 933 g/mol. The number of aromatic nitrogens is 4. The zero-order valence-corrected chi connectivity index (χ0v) is 40.7. The lowest BCUT2D eigenvalue weighted by molar-refractivity contribution is -0.115. The molecule has 0 fully saturated rings. The molecule has 4 heterocycles. The van der Waals surface area contributed by atoms with Crippen molar-refractivity contribution in [2.24, 2.45) is 0 Å². The van der Waals surface area contributed by atoms with Crippen molar-refractivity contribution in [3.63, 3.8) is 0 Å². The molecule has 2 aliphatic rings. The molecule has 2 N–H and O–H groups in total. The molecule has 372 valence electrons. The lowest BCUT2D eigenvalue weighted by atomic mass is 9.80. The molecule has 74 heavy (non-hydrogen) atoms. The van der Waals surface area contributed by atoms with Crippen LogP contribution in [0, 0.1) is 0 Å². The molecule has 0 unspecified atom stereocenters. The predicted molar refractivity (Wildman–Crippen MR) is 282 cm³/mol. The zero-order valence-electron chi connectivity index (χ0n) is 40.7. The van der Waals surface area contributed by atoms with Crippen molar-refractivity contribution in [2.45, 2.75) is 49.7 Å². The van der Waals surface area contributed by atoms with Crippen LogP contribution < -0.4 is 22.0 Å². The van der Waals surface area contributed by atoms with Crippen LogP contribution in [-0.2, 0) is 39.7 Å². The summed E-state index contributed by atoms with van der Waals surface area (Å²) in [5.41, 5.74) is 3.23. The average Bonchev–Trinajstić information content (AvgIpc) is 4.12. The first-order valence-corrected chi connectivity index (χ1v) is 24.1. The van der Waals surface area contributed by atoms with Crippen molar-refractivity contribution < 1.29 is 28.5 Å². The number of carbonyl (C=O) groups is 2. The van der Waals surface area contributed by atoms with Gasteiger partial charge < -0.3 is 29.6 Å². The van der Waals surface area contributed by atoms with E-state index in [-0.39, 0.29) is 48.9 Å². The molecule has 8 aromatic rings. The van der Waals surface area contributed by atoms with E-state index in [1.807, 2.05) is 133 Å². The molecule has 0 saturated heterocycles. The molecule has 2 amide bonds. The van der Waals surface area contributed by atoms with E-state index in [0.717, 1.165) is 33.4 Å². The fraction of sp³-hybridized carbons (Fsp3) is 0.167. The summed E-state index contributed by atoms with van der Waals surface area (Å²) in [5, 5.41) is 5.03. The van der Waals surface area contributed by atoms with Crippen LogP contribution in [0.1, 0.15) is 59.7 Å². The minimum atomic E-state index is -0.864. The smallest absolute Gasteiger partial charge is 0.351 e. The van der Waals surface area contributed by atoms with Crippen LogP contribution in [0.2, 0.25) is 0 Å². The first-order valence-electron chi connectivity index (χ1n) is 24.1. The second kappa shape index (κ2) is 23.3. The summed E-state index contributed by atoms with van der Waals surface area (Å²) in [7, 11) is 0. The summed E-state index contributed by atoms with van der Waals surface area (Å²) in [6, 6.07) is 63.9. The second-order valence-corrected chi connectivity index (χ2v) is 17.4. The summed E-state index contributed by atoms with van der Waals surface area (Å²) < 4.78 is 28.7. The molecule has 6 aromatic carbocycles. The Morgan fingerprint density at radius 3 is 0.959 bits per heavy atom. The number of nitrogens with one attached hydrogen (secondary N) is 2. The molecule has 2 aromatic heterocycles. The third-order valence-corrected chi connectivity index (χ3v) is 12.4. The second-order valence-electron chi connectivity index (χ2n) is 17.4.